The highest BCUT2D eigenvalue weighted by atomic mass is 16.3. The highest BCUT2D eigenvalue weighted by molar-refractivity contribution is 4.98. The van der Waals surface area contributed by atoms with Crippen molar-refractivity contribution in [1.29, 1.82) is 0 Å². The lowest BCUT2D eigenvalue weighted by molar-refractivity contribution is 0.187. The topological polar surface area (TPSA) is 33.4 Å². The summed E-state index contributed by atoms with van der Waals surface area (Å²) in [5, 5.41) is 8.86. The first-order chi connectivity index (χ1) is 4.29. The highest BCUT2D eigenvalue weighted by Gasteiger charge is 1.98. The van der Waals surface area contributed by atoms with Gasteiger partial charge in [-0.3, -0.25) is 0 Å². The Morgan fingerprint density at radius 3 is 3.00 bits per heavy atom. The molecule has 0 amide bonds. The predicted octanol–water partition coefficient (Wildman–Crippen LogP) is 1.20. The van der Waals surface area contributed by atoms with Crippen molar-refractivity contribution in [3.63, 3.8) is 0 Å². The fourth-order valence-electron chi connectivity index (χ4n) is 0.720. The first-order valence-electron chi connectivity index (χ1n) is 2.99. The van der Waals surface area contributed by atoms with Gasteiger partial charge in [-0.25, -0.2) is 0 Å². The van der Waals surface area contributed by atoms with Gasteiger partial charge in [-0.1, -0.05) is 0 Å². The van der Waals surface area contributed by atoms with Crippen molar-refractivity contribution in [2.75, 3.05) is 0 Å². The Labute approximate surface area is 54.1 Å². The molecular weight excluding hydrogens is 116 g/mol. The summed E-state index contributed by atoms with van der Waals surface area (Å²) in [6, 6.07) is 3.67. The molecule has 0 saturated carbocycles. The molecule has 0 unspecified atom stereocenters. The first-order valence-corrected chi connectivity index (χ1v) is 2.99. The van der Waals surface area contributed by atoms with Crippen LogP contribution in [0.2, 0.25) is 0 Å². The van der Waals surface area contributed by atoms with E-state index in [-0.39, 0.29) is 6.10 Å². The standard InChI is InChI=1S/C7H10O2/c1-6(8)5-7-3-2-4-9-7/h2-4,6,8H,5H2,1H3/t6-/m0/s1. The van der Waals surface area contributed by atoms with Crippen LogP contribution in [0.15, 0.2) is 22.8 Å². The predicted molar refractivity (Wildman–Crippen MR) is 34.1 cm³/mol. The normalized spacial score (nSPS) is 13.6. The third-order valence-corrected chi connectivity index (χ3v) is 1.08. The van der Waals surface area contributed by atoms with Crippen molar-refractivity contribution in [3.05, 3.63) is 24.2 Å². The molecule has 0 aromatic carbocycles. The highest BCUT2D eigenvalue weighted by Crippen LogP contribution is 2.02. The van der Waals surface area contributed by atoms with E-state index >= 15 is 0 Å². The van der Waals surface area contributed by atoms with Gasteiger partial charge in [0, 0.05) is 6.42 Å². The van der Waals surface area contributed by atoms with E-state index in [1.165, 1.54) is 0 Å². The van der Waals surface area contributed by atoms with Gasteiger partial charge in [0.15, 0.2) is 0 Å². The van der Waals surface area contributed by atoms with Crippen LogP contribution >= 0.6 is 0 Å². The van der Waals surface area contributed by atoms with Crippen LogP contribution in [0.3, 0.4) is 0 Å². The maximum atomic E-state index is 8.86. The molecule has 0 saturated heterocycles. The second kappa shape index (κ2) is 2.69. The first kappa shape index (κ1) is 6.36. The lowest BCUT2D eigenvalue weighted by atomic mass is 10.2. The number of aliphatic hydroxyl groups is 1. The van der Waals surface area contributed by atoms with Crippen molar-refractivity contribution < 1.29 is 9.52 Å². The summed E-state index contributed by atoms with van der Waals surface area (Å²) < 4.78 is 4.98. The number of aliphatic hydroxyl groups excluding tert-OH is 1. The maximum Gasteiger partial charge on any atom is 0.106 e. The molecule has 1 rings (SSSR count). The summed E-state index contributed by atoms with van der Waals surface area (Å²) in [6.07, 6.45) is 1.90. The summed E-state index contributed by atoms with van der Waals surface area (Å²) >= 11 is 0. The van der Waals surface area contributed by atoms with Crippen LogP contribution in [0.5, 0.6) is 0 Å². The van der Waals surface area contributed by atoms with Gasteiger partial charge >= 0.3 is 0 Å². The van der Waals surface area contributed by atoms with Crippen LogP contribution in [0.25, 0.3) is 0 Å². The average molecular weight is 126 g/mol. The number of rotatable bonds is 2. The Morgan fingerprint density at radius 2 is 2.56 bits per heavy atom. The summed E-state index contributed by atoms with van der Waals surface area (Å²) in [5.74, 6) is 0.838. The van der Waals surface area contributed by atoms with Crippen LogP contribution in [0.4, 0.5) is 0 Å². The van der Waals surface area contributed by atoms with Crippen molar-refractivity contribution in [2.24, 2.45) is 0 Å². The fraction of sp³-hybridized carbons (Fsp3) is 0.429. The van der Waals surface area contributed by atoms with Crippen LogP contribution in [-0.4, -0.2) is 11.2 Å². The summed E-state index contributed by atoms with van der Waals surface area (Å²) in [4.78, 5) is 0. The lowest BCUT2D eigenvalue weighted by Gasteiger charge is -1.97. The molecule has 1 aromatic rings. The van der Waals surface area contributed by atoms with Crippen LogP contribution in [-0.2, 0) is 6.42 Å². The van der Waals surface area contributed by atoms with E-state index in [0.29, 0.717) is 6.42 Å². The quantitative estimate of drug-likeness (QED) is 0.646. The summed E-state index contributed by atoms with van der Waals surface area (Å²) in [5.41, 5.74) is 0. The van der Waals surface area contributed by atoms with E-state index in [4.69, 9.17) is 9.52 Å². The molecule has 1 aromatic heterocycles. The second-order valence-electron chi connectivity index (χ2n) is 2.13. The smallest absolute Gasteiger partial charge is 0.106 e. The average Bonchev–Trinajstić information content (AvgIpc) is 2.15. The van der Waals surface area contributed by atoms with Gasteiger partial charge in [0.1, 0.15) is 5.76 Å². The molecule has 0 aliphatic carbocycles. The number of furan rings is 1. The summed E-state index contributed by atoms with van der Waals surface area (Å²) in [6.45, 7) is 1.74. The van der Waals surface area contributed by atoms with Crippen molar-refractivity contribution >= 4 is 0 Å². The minimum atomic E-state index is -0.309. The van der Waals surface area contributed by atoms with Gasteiger partial charge < -0.3 is 9.52 Å². The zero-order valence-corrected chi connectivity index (χ0v) is 5.37. The lowest BCUT2D eigenvalue weighted by Crippen LogP contribution is -2.02. The van der Waals surface area contributed by atoms with Gasteiger partial charge in [0.25, 0.3) is 0 Å². The van der Waals surface area contributed by atoms with Gasteiger partial charge in [-0.05, 0) is 19.1 Å². The van der Waals surface area contributed by atoms with Gasteiger partial charge in [-0.15, -0.1) is 0 Å². The third kappa shape index (κ3) is 1.90. The van der Waals surface area contributed by atoms with Gasteiger partial charge in [0.05, 0.1) is 12.4 Å². The molecule has 0 bridgehead atoms. The molecule has 0 fully saturated rings. The van der Waals surface area contributed by atoms with Gasteiger partial charge in [-0.2, -0.15) is 0 Å². The molecule has 1 atom stereocenters. The zero-order chi connectivity index (χ0) is 6.69. The van der Waals surface area contributed by atoms with Crippen molar-refractivity contribution in [2.45, 2.75) is 19.4 Å². The molecular formula is C7H10O2. The summed E-state index contributed by atoms with van der Waals surface area (Å²) in [7, 11) is 0. The zero-order valence-electron chi connectivity index (χ0n) is 5.37. The molecule has 1 heterocycles. The van der Waals surface area contributed by atoms with E-state index in [1.807, 2.05) is 12.1 Å². The molecule has 0 aliphatic rings. The van der Waals surface area contributed by atoms with Crippen molar-refractivity contribution in [1.82, 2.24) is 0 Å². The Balaban J connectivity index is 2.48. The van der Waals surface area contributed by atoms with Gasteiger partial charge in [0.2, 0.25) is 0 Å². The molecule has 50 valence electrons. The number of hydrogen-bond donors (Lipinski definition) is 1. The van der Waals surface area contributed by atoms with Crippen LogP contribution in [0.1, 0.15) is 12.7 Å². The molecule has 2 nitrogen and oxygen atoms in total. The SMILES string of the molecule is C[C@H](O)Cc1ccco1. The molecule has 0 radical (unpaired) electrons. The number of hydrogen-bond acceptors (Lipinski definition) is 2. The van der Waals surface area contributed by atoms with E-state index in [2.05, 4.69) is 0 Å². The maximum absolute atomic E-state index is 8.86. The molecule has 0 aliphatic heterocycles. The minimum absolute atomic E-state index is 0.309. The van der Waals surface area contributed by atoms with E-state index in [0.717, 1.165) is 5.76 Å². The van der Waals surface area contributed by atoms with Crippen LogP contribution < -0.4 is 0 Å². The molecule has 1 N–H and O–H groups in total. The van der Waals surface area contributed by atoms with E-state index in [9.17, 15) is 0 Å². The largest absolute Gasteiger partial charge is 0.469 e. The Kier molecular flexibility index (Phi) is 1.90. The minimum Gasteiger partial charge on any atom is -0.469 e. The molecule has 9 heavy (non-hydrogen) atoms. The molecule has 2 heteroatoms. The van der Waals surface area contributed by atoms with E-state index < -0.39 is 0 Å². The molecule has 0 spiro atoms. The Morgan fingerprint density at radius 1 is 1.78 bits per heavy atom. The third-order valence-electron chi connectivity index (χ3n) is 1.08. The van der Waals surface area contributed by atoms with Crippen LogP contribution in [0, 0.1) is 0 Å². The Hall–Kier alpha value is -0.760. The fourth-order valence-corrected chi connectivity index (χ4v) is 0.720. The second-order valence-corrected chi connectivity index (χ2v) is 2.13. The monoisotopic (exact) mass is 126 g/mol. The van der Waals surface area contributed by atoms with Crippen molar-refractivity contribution in [3.8, 4) is 0 Å². The van der Waals surface area contributed by atoms with E-state index in [1.54, 1.807) is 13.2 Å². The Bertz CT molecular complexity index is 153.